The van der Waals surface area contributed by atoms with Gasteiger partial charge in [0.15, 0.2) is 5.13 Å². The predicted molar refractivity (Wildman–Crippen MR) is 62.8 cm³/mol. The highest BCUT2D eigenvalue weighted by atomic mass is 32.1. The summed E-state index contributed by atoms with van der Waals surface area (Å²) < 4.78 is 4.60. The van der Waals surface area contributed by atoms with Crippen LogP contribution in [0.15, 0.2) is 24.8 Å². The van der Waals surface area contributed by atoms with Gasteiger partial charge in [0, 0.05) is 6.20 Å². The summed E-state index contributed by atoms with van der Waals surface area (Å²) in [6.07, 6.45) is 4.64. The molecule has 7 heteroatoms. The average molecular weight is 250 g/mol. The van der Waals surface area contributed by atoms with Gasteiger partial charge in [0.2, 0.25) is 0 Å². The lowest BCUT2D eigenvalue weighted by molar-refractivity contribution is 0.0606. The minimum Gasteiger partial charge on any atom is -0.465 e. The molecule has 0 amide bonds. The molecule has 0 saturated heterocycles. The molecule has 0 bridgehead atoms. The van der Waals surface area contributed by atoms with Crippen LogP contribution in [0.2, 0.25) is 0 Å². The van der Waals surface area contributed by atoms with Crippen molar-refractivity contribution >= 4 is 22.4 Å². The molecule has 0 unspecified atom stereocenters. The van der Waals surface area contributed by atoms with Crippen LogP contribution in [-0.2, 0) is 11.3 Å². The maximum Gasteiger partial charge on any atom is 0.349 e. The number of nitrogens with zero attached hydrogens (tertiary/aromatic N) is 3. The second kappa shape index (κ2) is 5.35. The largest absolute Gasteiger partial charge is 0.465 e. The van der Waals surface area contributed by atoms with E-state index in [9.17, 15) is 4.79 Å². The van der Waals surface area contributed by atoms with Crippen molar-refractivity contribution in [2.45, 2.75) is 6.54 Å². The van der Waals surface area contributed by atoms with Crippen molar-refractivity contribution in [2.24, 2.45) is 0 Å². The molecule has 0 radical (unpaired) electrons. The lowest BCUT2D eigenvalue weighted by Crippen LogP contribution is -2.00. The summed E-state index contributed by atoms with van der Waals surface area (Å²) in [5, 5.41) is 3.73. The molecule has 2 aromatic rings. The molecule has 0 aromatic carbocycles. The number of hydrogen-bond donors (Lipinski definition) is 1. The summed E-state index contributed by atoms with van der Waals surface area (Å²) in [5.41, 5.74) is 0.856. The summed E-state index contributed by atoms with van der Waals surface area (Å²) in [6, 6.07) is 1.81. The van der Waals surface area contributed by atoms with Gasteiger partial charge in [0.05, 0.1) is 25.5 Å². The van der Waals surface area contributed by atoms with Gasteiger partial charge in [-0.1, -0.05) is 11.3 Å². The molecular formula is C10H10N4O2S. The van der Waals surface area contributed by atoms with E-state index in [-0.39, 0.29) is 5.97 Å². The fourth-order valence-corrected chi connectivity index (χ4v) is 1.87. The van der Waals surface area contributed by atoms with Gasteiger partial charge in [-0.25, -0.2) is 19.7 Å². The summed E-state index contributed by atoms with van der Waals surface area (Å²) >= 11 is 1.24. The van der Waals surface area contributed by atoms with E-state index >= 15 is 0 Å². The molecule has 2 aromatic heterocycles. The highest BCUT2D eigenvalue weighted by Gasteiger charge is 2.10. The van der Waals surface area contributed by atoms with Crippen molar-refractivity contribution in [3.63, 3.8) is 0 Å². The fourth-order valence-electron chi connectivity index (χ4n) is 1.14. The Bertz CT molecular complexity index is 500. The first-order valence-electron chi connectivity index (χ1n) is 4.82. The van der Waals surface area contributed by atoms with Crippen molar-refractivity contribution in [1.29, 1.82) is 0 Å². The first-order chi connectivity index (χ1) is 8.29. The molecule has 88 valence electrons. The van der Waals surface area contributed by atoms with E-state index in [0.717, 1.165) is 5.69 Å². The maximum absolute atomic E-state index is 11.2. The van der Waals surface area contributed by atoms with Gasteiger partial charge in [-0.3, -0.25) is 0 Å². The Hall–Kier alpha value is -2.02. The third-order valence-corrected chi connectivity index (χ3v) is 2.89. The minimum absolute atomic E-state index is 0.377. The van der Waals surface area contributed by atoms with E-state index in [1.54, 1.807) is 6.20 Å². The van der Waals surface area contributed by atoms with Crippen LogP contribution in [0.4, 0.5) is 5.13 Å². The number of anilines is 1. The third-order valence-electron chi connectivity index (χ3n) is 1.96. The number of ether oxygens (including phenoxy) is 1. The SMILES string of the molecule is COC(=O)c1cnc(NCc2ccncn2)s1. The zero-order chi connectivity index (χ0) is 12.1. The highest BCUT2D eigenvalue weighted by Crippen LogP contribution is 2.19. The quantitative estimate of drug-likeness (QED) is 0.825. The first kappa shape index (κ1) is 11.5. The van der Waals surface area contributed by atoms with Crippen molar-refractivity contribution in [2.75, 3.05) is 12.4 Å². The number of nitrogens with one attached hydrogen (secondary N) is 1. The van der Waals surface area contributed by atoms with Crippen molar-refractivity contribution < 1.29 is 9.53 Å². The van der Waals surface area contributed by atoms with Crippen LogP contribution in [0, 0.1) is 0 Å². The van der Waals surface area contributed by atoms with Gasteiger partial charge in [-0.2, -0.15) is 0 Å². The number of rotatable bonds is 4. The molecule has 0 atom stereocenters. The van der Waals surface area contributed by atoms with E-state index < -0.39 is 0 Å². The molecule has 0 fully saturated rings. The number of carbonyl (C=O) groups excluding carboxylic acids is 1. The Labute approximate surface area is 102 Å². The summed E-state index contributed by atoms with van der Waals surface area (Å²) in [7, 11) is 1.34. The van der Waals surface area contributed by atoms with Gasteiger partial charge in [-0.05, 0) is 6.07 Å². The molecule has 2 rings (SSSR count). The summed E-state index contributed by atoms with van der Waals surface area (Å²) in [4.78, 5) is 23.6. The van der Waals surface area contributed by atoms with Crippen LogP contribution >= 0.6 is 11.3 Å². The minimum atomic E-state index is -0.377. The zero-order valence-electron chi connectivity index (χ0n) is 9.08. The average Bonchev–Trinajstić information content (AvgIpc) is 2.85. The second-order valence-electron chi connectivity index (χ2n) is 3.08. The van der Waals surface area contributed by atoms with Gasteiger partial charge >= 0.3 is 5.97 Å². The van der Waals surface area contributed by atoms with Crippen LogP contribution in [0.1, 0.15) is 15.4 Å². The smallest absolute Gasteiger partial charge is 0.349 e. The van der Waals surface area contributed by atoms with Gasteiger partial charge in [0.25, 0.3) is 0 Å². The van der Waals surface area contributed by atoms with Crippen LogP contribution in [0.5, 0.6) is 0 Å². The molecule has 0 aliphatic heterocycles. The van der Waals surface area contributed by atoms with E-state index in [1.807, 2.05) is 6.07 Å². The van der Waals surface area contributed by atoms with Crippen molar-refractivity contribution in [1.82, 2.24) is 15.0 Å². The number of thiazole rings is 1. The Morgan fingerprint density at radius 1 is 1.53 bits per heavy atom. The number of aromatic nitrogens is 3. The first-order valence-corrected chi connectivity index (χ1v) is 5.64. The Kier molecular flexibility index (Phi) is 3.61. The molecule has 0 spiro atoms. The van der Waals surface area contributed by atoms with Gasteiger partial charge in [0.1, 0.15) is 11.2 Å². The number of methoxy groups -OCH3 is 1. The van der Waals surface area contributed by atoms with E-state index in [1.165, 1.54) is 31.0 Å². The fraction of sp³-hybridized carbons (Fsp3) is 0.200. The van der Waals surface area contributed by atoms with Gasteiger partial charge in [-0.15, -0.1) is 0 Å². The third kappa shape index (κ3) is 2.97. The standard InChI is InChI=1S/C10H10N4O2S/c1-16-9(15)8-5-13-10(17-8)12-4-7-2-3-11-6-14-7/h2-3,5-6H,4H2,1H3,(H,12,13). The maximum atomic E-state index is 11.2. The lowest BCUT2D eigenvalue weighted by Gasteiger charge is -2.00. The van der Waals surface area contributed by atoms with Crippen molar-refractivity contribution in [3.05, 3.63) is 35.4 Å². The monoisotopic (exact) mass is 250 g/mol. The van der Waals surface area contributed by atoms with Gasteiger partial charge < -0.3 is 10.1 Å². The van der Waals surface area contributed by atoms with Crippen molar-refractivity contribution in [3.8, 4) is 0 Å². The molecular weight excluding hydrogens is 240 g/mol. The second-order valence-corrected chi connectivity index (χ2v) is 4.11. The molecule has 0 saturated carbocycles. The molecule has 2 heterocycles. The number of hydrogen-bond acceptors (Lipinski definition) is 7. The topological polar surface area (TPSA) is 77.0 Å². The highest BCUT2D eigenvalue weighted by molar-refractivity contribution is 7.17. The Morgan fingerprint density at radius 3 is 3.12 bits per heavy atom. The molecule has 0 aliphatic carbocycles. The molecule has 1 N–H and O–H groups in total. The molecule has 0 aliphatic rings. The van der Waals surface area contributed by atoms with Crippen LogP contribution in [0.3, 0.4) is 0 Å². The molecule has 17 heavy (non-hydrogen) atoms. The normalized spacial score (nSPS) is 9.94. The van der Waals surface area contributed by atoms with E-state index in [4.69, 9.17) is 0 Å². The predicted octanol–water partition coefficient (Wildman–Crippen LogP) is 1.33. The number of carbonyl (C=O) groups is 1. The van der Waals surface area contributed by atoms with E-state index in [0.29, 0.717) is 16.6 Å². The van der Waals surface area contributed by atoms with E-state index in [2.05, 4.69) is 25.0 Å². The van der Waals surface area contributed by atoms with Crippen LogP contribution in [0.25, 0.3) is 0 Å². The number of esters is 1. The van der Waals surface area contributed by atoms with Crippen LogP contribution in [-0.4, -0.2) is 28.0 Å². The zero-order valence-corrected chi connectivity index (χ0v) is 9.90. The summed E-state index contributed by atoms with van der Waals surface area (Å²) in [5.74, 6) is -0.377. The Balaban J connectivity index is 1.96. The lowest BCUT2D eigenvalue weighted by atomic mass is 10.4. The Morgan fingerprint density at radius 2 is 2.41 bits per heavy atom. The van der Waals surface area contributed by atoms with Crippen LogP contribution < -0.4 is 5.32 Å². The molecule has 6 nitrogen and oxygen atoms in total. The summed E-state index contributed by atoms with van der Waals surface area (Å²) in [6.45, 7) is 0.538.